The van der Waals surface area contributed by atoms with Crippen molar-refractivity contribution in [1.29, 1.82) is 0 Å². The largest absolute Gasteiger partial charge is 0.481 e. The second-order valence-electron chi connectivity index (χ2n) is 11.1. The molecule has 11 nitrogen and oxygen atoms in total. The maximum absolute atomic E-state index is 13.0. The van der Waals surface area contributed by atoms with E-state index in [9.17, 15) is 29.1 Å². The minimum Gasteiger partial charge on any atom is -0.481 e. The fraction of sp³-hybridized carbons (Fsp3) is 0.621. The molecule has 4 amide bonds. The van der Waals surface area contributed by atoms with Gasteiger partial charge in [-0.15, -0.1) is 0 Å². The summed E-state index contributed by atoms with van der Waals surface area (Å²) in [7, 11) is 0. The number of benzene rings is 1. The van der Waals surface area contributed by atoms with Crippen LogP contribution in [-0.4, -0.2) is 77.0 Å². The third-order valence-corrected chi connectivity index (χ3v) is 7.95. The van der Waals surface area contributed by atoms with E-state index in [1.165, 1.54) is 0 Å². The molecular formula is C29H40N4O7. The van der Waals surface area contributed by atoms with E-state index in [4.69, 9.17) is 4.74 Å². The Labute approximate surface area is 234 Å². The minimum absolute atomic E-state index is 0.00585. The Morgan fingerprint density at radius 3 is 2.20 bits per heavy atom. The number of carbonyl (C=O) groups is 5. The van der Waals surface area contributed by atoms with Crippen molar-refractivity contribution < 1.29 is 33.8 Å². The summed E-state index contributed by atoms with van der Waals surface area (Å²) in [4.78, 5) is 65.1. The minimum atomic E-state index is -1.11. The Balaban J connectivity index is 1.16. The van der Waals surface area contributed by atoms with Crippen molar-refractivity contribution in [2.45, 2.75) is 70.6 Å². The van der Waals surface area contributed by atoms with Crippen molar-refractivity contribution in [2.75, 3.05) is 26.2 Å². The van der Waals surface area contributed by atoms with Gasteiger partial charge in [0.15, 0.2) is 0 Å². The quantitative estimate of drug-likeness (QED) is 0.355. The molecule has 0 aromatic heterocycles. The number of ether oxygens (including phenoxy) is 1. The summed E-state index contributed by atoms with van der Waals surface area (Å²) in [5.74, 6) is -1.89. The predicted octanol–water partition coefficient (Wildman–Crippen LogP) is 2.50. The average Bonchev–Trinajstić information content (AvgIpc) is 3.81. The number of rotatable bonds is 11. The van der Waals surface area contributed by atoms with Crippen molar-refractivity contribution >= 4 is 29.8 Å². The molecule has 1 aromatic rings. The van der Waals surface area contributed by atoms with Gasteiger partial charge in [-0.1, -0.05) is 30.3 Å². The van der Waals surface area contributed by atoms with Crippen LogP contribution < -0.4 is 10.6 Å². The van der Waals surface area contributed by atoms with Crippen LogP contribution in [0.2, 0.25) is 0 Å². The lowest BCUT2D eigenvalue weighted by Crippen LogP contribution is -2.53. The highest BCUT2D eigenvalue weighted by Crippen LogP contribution is 2.29. The molecule has 1 aliphatic carbocycles. The monoisotopic (exact) mass is 556 g/mol. The van der Waals surface area contributed by atoms with Gasteiger partial charge in [0, 0.05) is 38.5 Å². The van der Waals surface area contributed by atoms with E-state index < -0.39 is 24.5 Å². The second-order valence-corrected chi connectivity index (χ2v) is 11.1. The van der Waals surface area contributed by atoms with Gasteiger partial charge in [0.1, 0.15) is 12.8 Å². The number of likely N-dealkylation sites (tertiary alicyclic amines) is 2. The predicted molar refractivity (Wildman–Crippen MR) is 145 cm³/mol. The molecule has 1 saturated carbocycles. The number of carbonyl (C=O) groups excluding carboxylic acids is 4. The molecule has 40 heavy (non-hydrogen) atoms. The molecule has 0 unspecified atom stereocenters. The number of carboxylic acids is 1. The van der Waals surface area contributed by atoms with E-state index in [2.05, 4.69) is 10.6 Å². The number of nitrogens with zero attached hydrogens (tertiary/aromatic N) is 2. The van der Waals surface area contributed by atoms with Crippen LogP contribution >= 0.6 is 0 Å². The highest BCUT2D eigenvalue weighted by atomic mass is 16.6. The first kappa shape index (κ1) is 29.4. The summed E-state index contributed by atoms with van der Waals surface area (Å²) in [5.41, 5.74) is 0.946. The summed E-state index contributed by atoms with van der Waals surface area (Å²) < 4.78 is 5.43. The molecule has 3 fully saturated rings. The van der Waals surface area contributed by atoms with Crippen molar-refractivity contribution in [1.82, 2.24) is 20.4 Å². The smallest absolute Gasteiger partial charge is 0.410 e. The molecule has 3 N–H and O–H groups in total. The van der Waals surface area contributed by atoms with Crippen molar-refractivity contribution in [3.8, 4) is 0 Å². The zero-order valence-corrected chi connectivity index (χ0v) is 22.9. The van der Waals surface area contributed by atoms with Gasteiger partial charge in [0.2, 0.25) is 17.7 Å². The second kappa shape index (κ2) is 14.1. The van der Waals surface area contributed by atoms with Gasteiger partial charge in [-0.05, 0) is 56.4 Å². The molecule has 218 valence electrons. The first-order valence-corrected chi connectivity index (χ1v) is 14.3. The molecule has 3 aliphatic rings. The highest BCUT2D eigenvalue weighted by molar-refractivity contribution is 5.85. The third-order valence-electron chi connectivity index (χ3n) is 7.95. The first-order chi connectivity index (χ1) is 19.3. The molecule has 2 heterocycles. The molecule has 1 aromatic carbocycles. The van der Waals surface area contributed by atoms with Gasteiger partial charge < -0.3 is 30.3 Å². The Bertz CT molecular complexity index is 1050. The lowest BCUT2D eigenvalue weighted by molar-refractivity contribution is -0.138. The maximum atomic E-state index is 13.0. The van der Waals surface area contributed by atoms with Crippen LogP contribution in [0.5, 0.6) is 0 Å². The van der Waals surface area contributed by atoms with Crippen molar-refractivity contribution in [2.24, 2.45) is 17.8 Å². The molecule has 2 saturated heterocycles. The number of hydrogen-bond acceptors (Lipinski definition) is 6. The number of carboxylic acid groups (broad SMARTS) is 1. The Morgan fingerprint density at radius 2 is 1.55 bits per heavy atom. The summed E-state index contributed by atoms with van der Waals surface area (Å²) in [5, 5.41) is 14.5. The zero-order valence-electron chi connectivity index (χ0n) is 22.9. The molecule has 0 radical (unpaired) electrons. The van der Waals surface area contributed by atoms with Gasteiger partial charge in [-0.25, -0.2) is 4.79 Å². The zero-order chi connectivity index (χ0) is 28.5. The summed E-state index contributed by atoms with van der Waals surface area (Å²) in [6.07, 6.45) is 3.91. The SMILES string of the molecule is O=C(O)C[C@@H](NC(=O)C1CC1)NC(=O)[C@@H]1CCCN(C(=O)CCC2CCN(C(=O)OCc3ccccc3)CC2)C1. The van der Waals surface area contributed by atoms with Gasteiger partial charge in [0.05, 0.1) is 12.3 Å². The van der Waals surface area contributed by atoms with Crippen LogP contribution in [0.4, 0.5) is 4.79 Å². The topological polar surface area (TPSA) is 145 Å². The fourth-order valence-electron chi connectivity index (χ4n) is 5.36. The van der Waals surface area contributed by atoms with Crippen LogP contribution in [0.25, 0.3) is 0 Å². The van der Waals surface area contributed by atoms with Crippen LogP contribution in [0.1, 0.15) is 63.4 Å². The number of piperidine rings is 2. The van der Waals surface area contributed by atoms with E-state index >= 15 is 0 Å². The van der Waals surface area contributed by atoms with E-state index in [1.54, 1.807) is 9.80 Å². The van der Waals surface area contributed by atoms with E-state index in [1.807, 2.05) is 30.3 Å². The molecule has 4 rings (SSSR count). The Morgan fingerprint density at radius 1 is 0.875 bits per heavy atom. The van der Waals surface area contributed by atoms with E-state index in [0.717, 1.165) is 37.7 Å². The Hall–Kier alpha value is -3.63. The van der Waals surface area contributed by atoms with E-state index in [0.29, 0.717) is 44.8 Å². The summed E-state index contributed by atoms with van der Waals surface area (Å²) in [6.45, 7) is 2.33. The van der Waals surface area contributed by atoms with Crippen molar-refractivity contribution in [3.63, 3.8) is 0 Å². The van der Waals surface area contributed by atoms with Crippen LogP contribution in [0.3, 0.4) is 0 Å². The first-order valence-electron chi connectivity index (χ1n) is 14.3. The number of hydrogen-bond donors (Lipinski definition) is 3. The van der Waals surface area contributed by atoms with Crippen LogP contribution in [-0.2, 0) is 30.5 Å². The van der Waals surface area contributed by atoms with Gasteiger partial charge >= 0.3 is 12.1 Å². The van der Waals surface area contributed by atoms with Crippen molar-refractivity contribution in [3.05, 3.63) is 35.9 Å². The maximum Gasteiger partial charge on any atom is 0.410 e. The van der Waals surface area contributed by atoms with Crippen LogP contribution in [0, 0.1) is 17.8 Å². The lowest BCUT2D eigenvalue weighted by Gasteiger charge is -2.34. The normalized spacial score (nSPS) is 20.4. The third kappa shape index (κ3) is 8.96. The molecule has 0 spiro atoms. The van der Waals surface area contributed by atoms with Gasteiger partial charge in [-0.2, -0.15) is 0 Å². The molecule has 0 bridgehead atoms. The van der Waals surface area contributed by atoms with Gasteiger partial charge in [-0.3, -0.25) is 19.2 Å². The lowest BCUT2D eigenvalue weighted by atomic mass is 9.91. The summed E-state index contributed by atoms with van der Waals surface area (Å²) in [6, 6.07) is 9.56. The molecule has 2 atom stereocenters. The number of nitrogens with one attached hydrogen (secondary N) is 2. The summed E-state index contributed by atoms with van der Waals surface area (Å²) >= 11 is 0. The number of aliphatic carboxylic acids is 1. The fourth-order valence-corrected chi connectivity index (χ4v) is 5.36. The average molecular weight is 557 g/mol. The standard InChI is InChI=1S/C29H40N4O7/c34-25(11-8-20-12-15-32(16-13-20)29(39)40-19-21-5-2-1-3-6-21)33-14-4-7-23(18-33)28(38)31-24(17-26(35)36)30-27(37)22-9-10-22/h1-3,5-6,20,22-24H,4,7-19H2,(H,30,37)(H,31,38)(H,35,36)/t23-,24+/m1/s1. The molecular weight excluding hydrogens is 516 g/mol. The number of amides is 4. The Kier molecular flexibility index (Phi) is 10.4. The molecule has 2 aliphatic heterocycles. The highest BCUT2D eigenvalue weighted by Gasteiger charge is 2.34. The van der Waals surface area contributed by atoms with Crippen LogP contribution in [0.15, 0.2) is 30.3 Å². The molecule has 11 heteroatoms. The van der Waals surface area contributed by atoms with E-state index in [-0.39, 0.29) is 42.9 Å². The van der Waals surface area contributed by atoms with Gasteiger partial charge in [0.25, 0.3) is 0 Å².